The third kappa shape index (κ3) is 2.69. The molecule has 1 aromatic rings. The molecule has 1 aliphatic rings. The minimum absolute atomic E-state index is 0.207. The van der Waals surface area contributed by atoms with E-state index in [0.717, 1.165) is 5.56 Å². The number of hydrogen-bond donors (Lipinski definition) is 2. The summed E-state index contributed by atoms with van der Waals surface area (Å²) in [5.74, 6) is 0.601. The summed E-state index contributed by atoms with van der Waals surface area (Å²) >= 11 is 0. The molecule has 2 rings (SSSR count). The fourth-order valence-electron chi connectivity index (χ4n) is 2.35. The Kier molecular flexibility index (Phi) is 4.12. The second kappa shape index (κ2) is 5.65. The number of carbonyl (C=O) groups is 1. The van der Waals surface area contributed by atoms with Crippen molar-refractivity contribution >= 4 is 11.8 Å². The highest BCUT2D eigenvalue weighted by atomic mass is 16.4. The summed E-state index contributed by atoms with van der Waals surface area (Å²) in [6, 6.07) is 1.67. The number of carbonyl (C=O) groups excluding carboxylic acids is 1. The van der Waals surface area contributed by atoms with Gasteiger partial charge in [-0.1, -0.05) is 0 Å². The Morgan fingerprint density at radius 1 is 1.60 bits per heavy atom. The first kappa shape index (κ1) is 14.6. The van der Waals surface area contributed by atoms with Crippen LogP contribution in [0.3, 0.4) is 0 Å². The number of β-amino-alcohol motifs (C(OH)–C–C–N with tert-alkyl or cyclic N) is 1. The average molecular weight is 277 g/mol. The normalized spacial score (nSPS) is 20.6. The summed E-state index contributed by atoms with van der Waals surface area (Å²) in [4.78, 5) is 14.1. The number of nitriles is 1. The van der Waals surface area contributed by atoms with Crippen molar-refractivity contribution in [1.82, 2.24) is 4.90 Å². The zero-order chi connectivity index (χ0) is 14.9. The van der Waals surface area contributed by atoms with Gasteiger partial charge in [0.15, 0.2) is 0 Å². The molecule has 1 fully saturated rings. The largest absolute Gasteiger partial charge is 0.444 e. The number of aliphatic hydroxyl groups is 1. The van der Waals surface area contributed by atoms with E-state index in [1.165, 1.54) is 0 Å². The van der Waals surface area contributed by atoms with Crippen LogP contribution in [-0.4, -0.2) is 41.1 Å². The molecule has 6 nitrogen and oxygen atoms in total. The molecule has 0 aromatic carbocycles. The number of hydrogen-bond acceptors (Lipinski definition) is 5. The van der Waals surface area contributed by atoms with Crippen molar-refractivity contribution in [3.8, 4) is 6.07 Å². The Bertz CT molecular complexity index is 559. The molecule has 0 bridgehead atoms. The van der Waals surface area contributed by atoms with Crippen LogP contribution in [0.5, 0.6) is 0 Å². The maximum Gasteiger partial charge on any atom is 0.243 e. The van der Waals surface area contributed by atoms with Gasteiger partial charge in [0, 0.05) is 18.7 Å². The highest BCUT2D eigenvalue weighted by Crippen LogP contribution is 2.25. The SMILES string of the molecule is Cc1oc(NC(=O)C(C)N2CC[C@H](O)C2)c(C#N)c1C. The first-order chi connectivity index (χ1) is 9.43. The average Bonchev–Trinajstić information content (AvgIpc) is 2.94. The molecule has 2 N–H and O–H groups in total. The number of nitrogens with zero attached hydrogens (tertiary/aromatic N) is 2. The fraction of sp³-hybridized carbons (Fsp3) is 0.571. The first-order valence-corrected chi connectivity index (χ1v) is 6.67. The highest BCUT2D eigenvalue weighted by Gasteiger charge is 2.29. The molecular formula is C14H19N3O3. The van der Waals surface area contributed by atoms with Gasteiger partial charge < -0.3 is 9.52 Å². The number of aliphatic hydroxyl groups excluding tert-OH is 1. The zero-order valence-corrected chi connectivity index (χ0v) is 11.9. The van der Waals surface area contributed by atoms with Gasteiger partial charge in [-0.2, -0.15) is 5.26 Å². The van der Waals surface area contributed by atoms with Gasteiger partial charge in [-0.05, 0) is 27.2 Å². The molecule has 108 valence electrons. The van der Waals surface area contributed by atoms with Gasteiger partial charge in [-0.15, -0.1) is 0 Å². The van der Waals surface area contributed by atoms with Crippen molar-refractivity contribution in [2.75, 3.05) is 18.4 Å². The second-order valence-corrected chi connectivity index (χ2v) is 5.20. The lowest BCUT2D eigenvalue weighted by Crippen LogP contribution is -2.41. The number of likely N-dealkylation sites (tertiary alicyclic amines) is 1. The van der Waals surface area contributed by atoms with Gasteiger partial charge in [0.2, 0.25) is 11.8 Å². The van der Waals surface area contributed by atoms with Gasteiger partial charge in [0.1, 0.15) is 17.4 Å². The van der Waals surface area contributed by atoms with Gasteiger partial charge in [0.05, 0.1) is 12.1 Å². The molecule has 0 aliphatic carbocycles. The lowest BCUT2D eigenvalue weighted by molar-refractivity contribution is -0.120. The minimum atomic E-state index is -0.371. The van der Waals surface area contributed by atoms with Crippen LogP contribution < -0.4 is 5.32 Å². The summed E-state index contributed by atoms with van der Waals surface area (Å²) in [5, 5.41) is 21.3. The molecule has 20 heavy (non-hydrogen) atoms. The van der Waals surface area contributed by atoms with Crippen molar-refractivity contribution in [1.29, 1.82) is 5.26 Å². The third-order valence-corrected chi connectivity index (χ3v) is 3.86. The van der Waals surface area contributed by atoms with E-state index < -0.39 is 0 Å². The Labute approximate surface area is 118 Å². The molecule has 1 aliphatic heterocycles. The van der Waals surface area contributed by atoms with Crippen LogP contribution in [0.2, 0.25) is 0 Å². The molecule has 1 unspecified atom stereocenters. The van der Waals surface area contributed by atoms with E-state index in [1.807, 2.05) is 11.0 Å². The van der Waals surface area contributed by atoms with E-state index in [-0.39, 0.29) is 23.9 Å². The monoisotopic (exact) mass is 277 g/mol. The molecular weight excluding hydrogens is 258 g/mol. The number of aryl methyl sites for hydroxylation is 1. The fourth-order valence-corrected chi connectivity index (χ4v) is 2.35. The van der Waals surface area contributed by atoms with Crippen LogP contribution in [0.4, 0.5) is 5.88 Å². The number of amides is 1. The van der Waals surface area contributed by atoms with Crippen LogP contribution >= 0.6 is 0 Å². The van der Waals surface area contributed by atoms with E-state index in [9.17, 15) is 9.90 Å². The Morgan fingerprint density at radius 3 is 2.85 bits per heavy atom. The maximum absolute atomic E-state index is 12.2. The molecule has 1 aromatic heterocycles. The number of furan rings is 1. The Hall–Kier alpha value is -1.84. The van der Waals surface area contributed by atoms with E-state index in [0.29, 0.717) is 30.8 Å². The lowest BCUT2D eigenvalue weighted by Gasteiger charge is -2.22. The van der Waals surface area contributed by atoms with Crippen LogP contribution in [0.1, 0.15) is 30.2 Å². The maximum atomic E-state index is 12.2. The molecule has 2 atom stereocenters. The first-order valence-electron chi connectivity index (χ1n) is 6.67. The molecule has 1 saturated heterocycles. The van der Waals surface area contributed by atoms with Crippen LogP contribution in [-0.2, 0) is 4.79 Å². The molecule has 0 saturated carbocycles. The Balaban J connectivity index is 2.08. The molecule has 1 amide bonds. The van der Waals surface area contributed by atoms with Gasteiger partial charge in [0.25, 0.3) is 0 Å². The van der Waals surface area contributed by atoms with Crippen LogP contribution in [0.25, 0.3) is 0 Å². The van der Waals surface area contributed by atoms with Crippen molar-refractivity contribution in [3.05, 3.63) is 16.9 Å². The zero-order valence-electron chi connectivity index (χ0n) is 11.9. The van der Waals surface area contributed by atoms with Crippen molar-refractivity contribution in [2.24, 2.45) is 0 Å². The van der Waals surface area contributed by atoms with Gasteiger partial charge in [-0.3, -0.25) is 15.0 Å². The quantitative estimate of drug-likeness (QED) is 0.865. The number of anilines is 1. The van der Waals surface area contributed by atoms with Gasteiger partial charge >= 0.3 is 0 Å². The molecule has 0 spiro atoms. The van der Waals surface area contributed by atoms with Crippen LogP contribution in [0, 0.1) is 25.2 Å². The van der Waals surface area contributed by atoms with Crippen molar-refractivity contribution in [3.63, 3.8) is 0 Å². The molecule has 2 heterocycles. The van der Waals surface area contributed by atoms with Crippen LogP contribution in [0.15, 0.2) is 4.42 Å². The highest BCUT2D eigenvalue weighted by molar-refractivity contribution is 5.94. The minimum Gasteiger partial charge on any atom is -0.444 e. The number of rotatable bonds is 3. The second-order valence-electron chi connectivity index (χ2n) is 5.20. The number of nitrogens with one attached hydrogen (secondary N) is 1. The topological polar surface area (TPSA) is 89.5 Å². The summed E-state index contributed by atoms with van der Waals surface area (Å²) in [7, 11) is 0. The van der Waals surface area contributed by atoms with E-state index >= 15 is 0 Å². The summed E-state index contributed by atoms with van der Waals surface area (Å²) in [6.07, 6.45) is 0.313. The van der Waals surface area contributed by atoms with Gasteiger partial charge in [-0.25, -0.2) is 0 Å². The predicted octanol–water partition coefficient (Wildman–Crippen LogP) is 1.16. The smallest absolute Gasteiger partial charge is 0.243 e. The lowest BCUT2D eigenvalue weighted by atomic mass is 10.2. The predicted molar refractivity (Wildman–Crippen MR) is 73.2 cm³/mol. The van der Waals surface area contributed by atoms with Crippen molar-refractivity contribution < 1.29 is 14.3 Å². The van der Waals surface area contributed by atoms with E-state index in [1.54, 1.807) is 20.8 Å². The van der Waals surface area contributed by atoms with E-state index in [2.05, 4.69) is 5.32 Å². The third-order valence-electron chi connectivity index (χ3n) is 3.86. The van der Waals surface area contributed by atoms with E-state index in [4.69, 9.17) is 9.68 Å². The molecule has 6 heteroatoms. The summed E-state index contributed by atoms with van der Waals surface area (Å²) in [5.41, 5.74) is 1.11. The molecule has 0 radical (unpaired) electrons. The van der Waals surface area contributed by atoms with Crippen molar-refractivity contribution in [2.45, 2.75) is 39.3 Å². The summed E-state index contributed by atoms with van der Waals surface area (Å²) in [6.45, 7) is 6.51. The Morgan fingerprint density at radius 2 is 2.30 bits per heavy atom. The standard InChI is InChI=1S/C14H19N3O3/c1-8-10(3)20-14(12(8)6-15)16-13(19)9(2)17-5-4-11(18)7-17/h9,11,18H,4-5,7H2,1-3H3,(H,16,19)/t9?,11-/m0/s1. The summed E-state index contributed by atoms with van der Waals surface area (Å²) < 4.78 is 5.42.